The molecule has 3 aromatic rings. The summed E-state index contributed by atoms with van der Waals surface area (Å²) in [7, 11) is 3.71. The molecule has 3 rings (SSSR count). The maximum atomic E-state index is 5.47. The second-order valence-electron chi connectivity index (χ2n) is 6.30. The molecule has 27 heavy (non-hydrogen) atoms. The Kier molecular flexibility index (Phi) is 6.08. The molecule has 0 amide bonds. The van der Waals surface area contributed by atoms with Crippen LogP contribution in [0.3, 0.4) is 0 Å². The Bertz CT molecular complexity index is 861. The second-order valence-corrected chi connectivity index (χ2v) is 6.30. The van der Waals surface area contributed by atoms with Crippen LogP contribution in [0.2, 0.25) is 0 Å². The predicted octanol–water partition coefficient (Wildman–Crippen LogP) is 4.34. The molecule has 0 radical (unpaired) electrons. The third kappa shape index (κ3) is 4.46. The Balaban J connectivity index is 1.69. The van der Waals surface area contributed by atoms with Crippen LogP contribution in [-0.2, 0) is 6.54 Å². The molecule has 0 spiro atoms. The van der Waals surface area contributed by atoms with Gasteiger partial charge in [-0.25, -0.2) is 0 Å². The maximum Gasteiger partial charge on any atom is 0.241 e. The molecule has 0 saturated carbocycles. The van der Waals surface area contributed by atoms with E-state index in [4.69, 9.17) is 14.0 Å². The molecule has 0 aliphatic carbocycles. The molecule has 1 unspecified atom stereocenters. The van der Waals surface area contributed by atoms with E-state index in [2.05, 4.69) is 28.0 Å². The first-order valence-corrected chi connectivity index (χ1v) is 9.01. The van der Waals surface area contributed by atoms with Crippen molar-refractivity contribution in [1.82, 2.24) is 15.0 Å². The molecule has 1 atom stereocenters. The number of rotatable bonds is 8. The number of hydrogen-bond acceptors (Lipinski definition) is 6. The highest BCUT2D eigenvalue weighted by Crippen LogP contribution is 2.29. The van der Waals surface area contributed by atoms with Crippen LogP contribution in [0.15, 0.2) is 53.1 Å². The summed E-state index contributed by atoms with van der Waals surface area (Å²) < 4.78 is 16.4. The number of ether oxygens (including phenoxy) is 2. The van der Waals surface area contributed by atoms with Gasteiger partial charge in [-0.05, 0) is 51.2 Å². The van der Waals surface area contributed by atoms with Crippen LogP contribution >= 0.6 is 0 Å². The molecular weight excluding hydrogens is 342 g/mol. The van der Waals surface area contributed by atoms with Gasteiger partial charge in [-0.3, -0.25) is 4.90 Å². The van der Waals surface area contributed by atoms with E-state index in [0.29, 0.717) is 24.9 Å². The molecule has 1 aromatic heterocycles. The average Bonchev–Trinajstić information content (AvgIpc) is 3.16. The van der Waals surface area contributed by atoms with Gasteiger partial charge in [0.15, 0.2) is 0 Å². The van der Waals surface area contributed by atoms with Crippen LogP contribution in [0.4, 0.5) is 0 Å². The van der Waals surface area contributed by atoms with Crippen molar-refractivity contribution in [3.63, 3.8) is 0 Å². The van der Waals surface area contributed by atoms with E-state index in [1.165, 1.54) is 0 Å². The fraction of sp³-hybridized carbons (Fsp3) is 0.333. The van der Waals surface area contributed by atoms with E-state index >= 15 is 0 Å². The van der Waals surface area contributed by atoms with Gasteiger partial charge in [0.05, 0.1) is 20.3 Å². The first-order chi connectivity index (χ1) is 13.1. The van der Waals surface area contributed by atoms with Crippen LogP contribution in [-0.4, -0.2) is 35.8 Å². The zero-order valence-electron chi connectivity index (χ0n) is 16.2. The number of aromatic nitrogens is 2. The topological polar surface area (TPSA) is 60.6 Å². The Hall–Kier alpha value is -2.86. The summed E-state index contributed by atoms with van der Waals surface area (Å²) in [5.74, 6) is 2.85. The van der Waals surface area contributed by atoms with Gasteiger partial charge in [0.2, 0.25) is 11.7 Å². The highest BCUT2D eigenvalue weighted by Gasteiger charge is 2.18. The molecule has 2 aromatic carbocycles. The molecule has 0 bridgehead atoms. The molecule has 1 heterocycles. The summed E-state index contributed by atoms with van der Waals surface area (Å²) in [5, 5.41) is 4.10. The lowest BCUT2D eigenvalue weighted by Gasteiger charge is -2.24. The number of hydrogen-bond donors (Lipinski definition) is 0. The fourth-order valence-corrected chi connectivity index (χ4v) is 2.90. The summed E-state index contributed by atoms with van der Waals surface area (Å²) in [6, 6.07) is 15.8. The monoisotopic (exact) mass is 367 g/mol. The second kappa shape index (κ2) is 8.68. The van der Waals surface area contributed by atoms with Gasteiger partial charge in [0.1, 0.15) is 11.5 Å². The van der Waals surface area contributed by atoms with Gasteiger partial charge in [0, 0.05) is 17.2 Å². The SMILES string of the molecule is CCOc1ccc(-c2noc(CN(C)C(C)c3ccccc3OC)n2)cc1. The maximum absolute atomic E-state index is 5.47. The third-order valence-electron chi connectivity index (χ3n) is 4.53. The van der Waals surface area contributed by atoms with E-state index in [1.54, 1.807) is 7.11 Å². The van der Waals surface area contributed by atoms with Gasteiger partial charge in [-0.1, -0.05) is 23.4 Å². The fourth-order valence-electron chi connectivity index (χ4n) is 2.90. The molecule has 0 aliphatic rings. The van der Waals surface area contributed by atoms with Gasteiger partial charge >= 0.3 is 0 Å². The molecule has 0 saturated heterocycles. The van der Waals surface area contributed by atoms with Crippen molar-refractivity contribution < 1.29 is 14.0 Å². The summed E-state index contributed by atoms with van der Waals surface area (Å²) in [6.07, 6.45) is 0. The van der Waals surface area contributed by atoms with E-state index in [-0.39, 0.29) is 6.04 Å². The van der Waals surface area contributed by atoms with Gasteiger partial charge in [0.25, 0.3) is 0 Å². The normalized spacial score (nSPS) is 12.2. The van der Waals surface area contributed by atoms with Crippen LogP contribution in [0.1, 0.15) is 31.3 Å². The molecule has 0 fully saturated rings. The van der Waals surface area contributed by atoms with Crippen molar-refractivity contribution in [2.75, 3.05) is 20.8 Å². The Morgan fingerprint density at radius 3 is 2.56 bits per heavy atom. The zero-order chi connectivity index (χ0) is 19.2. The lowest BCUT2D eigenvalue weighted by Crippen LogP contribution is -2.22. The zero-order valence-corrected chi connectivity index (χ0v) is 16.2. The van der Waals surface area contributed by atoms with Crippen molar-refractivity contribution in [1.29, 1.82) is 0 Å². The number of methoxy groups -OCH3 is 1. The van der Waals surface area contributed by atoms with Crippen LogP contribution in [0.5, 0.6) is 11.5 Å². The summed E-state index contributed by atoms with van der Waals surface area (Å²) in [5.41, 5.74) is 2.02. The Labute approximate surface area is 159 Å². The van der Waals surface area contributed by atoms with Crippen molar-refractivity contribution in [2.45, 2.75) is 26.4 Å². The minimum absolute atomic E-state index is 0.141. The first kappa shape index (κ1) is 18.9. The summed E-state index contributed by atoms with van der Waals surface area (Å²) >= 11 is 0. The first-order valence-electron chi connectivity index (χ1n) is 9.01. The molecule has 0 aliphatic heterocycles. The molecule has 6 heteroatoms. The number of para-hydroxylation sites is 1. The lowest BCUT2D eigenvalue weighted by atomic mass is 10.1. The quantitative estimate of drug-likeness (QED) is 0.590. The van der Waals surface area contributed by atoms with Crippen molar-refractivity contribution >= 4 is 0 Å². The summed E-state index contributed by atoms with van der Waals surface area (Å²) in [6.45, 7) is 5.27. The molecule has 142 valence electrons. The number of benzene rings is 2. The Morgan fingerprint density at radius 1 is 1.11 bits per heavy atom. The predicted molar refractivity (Wildman–Crippen MR) is 104 cm³/mol. The van der Waals surface area contributed by atoms with Crippen LogP contribution < -0.4 is 9.47 Å². The van der Waals surface area contributed by atoms with E-state index in [0.717, 1.165) is 22.6 Å². The van der Waals surface area contributed by atoms with Crippen LogP contribution in [0.25, 0.3) is 11.4 Å². The molecule has 6 nitrogen and oxygen atoms in total. The minimum Gasteiger partial charge on any atom is -0.496 e. The lowest BCUT2D eigenvalue weighted by molar-refractivity contribution is 0.213. The standard InChI is InChI=1S/C21H25N3O3/c1-5-26-17-12-10-16(11-13-17)21-22-20(27-23-21)14-24(3)15(2)18-8-6-7-9-19(18)25-4/h6-13,15H,5,14H2,1-4H3. The van der Waals surface area contributed by atoms with E-state index < -0.39 is 0 Å². The smallest absolute Gasteiger partial charge is 0.241 e. The number of nitrogens with zero attached hydrogens (tertiary/aromatic N) is 3. The third-order valence-corrected chi connectivity index (χ3v) is 4.53. The van der Waals surface area contributed by atoms with Crippen LogP contribution in [0, 0.1) is 0 Å². The molecule has 0 N–H and O–H groups in total. The highest BCUT2D eigenvalue weighted by molar-refractivity contribution is 5.55. The van der Waals surface area contributed by atoms with E-state index in [9.17, 15) is 0 Å². The highest BCUT2D eigenvalue weighted by atomic mass is 16.5. The average molecular weight is 367 g/mol. The Morgan fingerprint density at radius 2 is 1.85 bits per heavy atom. The summed E-state index contributed by atoms with van der Waals surface area (Å²) in [4.78, 5) is 6.67. The van der Waals surface area contributed by atoms with Crippen molar-refractivity contribution in [2.24, 2.45) is 0 Å². The van der Waals surface area contributed by atoms with E-state index in [1.807, 2.05) is 56.4 Å². The molecular formula is C21H25N3O3. The largest absolute Gasteiger partial charge is 0.496 e. The van der Waals surface area contributed by atoms with Crippen molar-refractivity contribution in [3.8, 4) is 22.9 Å². The van der Waals surface area contributed by atoms with Crippen molar-refractivity contribution in [3.05, 3.63) is 60.0 Å². The van der Waals surface area contributed by atoms with Gasteiger partial charge in [-0.2, -0.15) is 4.98 Å². The van der Waals surface area contributed by atoms with Gasteiger partial charge < -0.3 is 14.0 Å². The minimum atomic E-state index is 0.141. The van der Waals surface area contributed by atoms with Gasteiger partial charge in [-0.15, -0.1) is 0 Å².